The number of carbonyl (C=O) groups is 2. The maximum atomic E-state index is 13.2. The molecule has 2 unspecified atom stereocenters. The van der Waals surface area contributed by atoms with Gasteiger partial charge in [-0.2, -0.15) is 0 Å². The standard InChI is InChI=1S/C18H16FN3O2/c1-10-6-12(19)3-4-13(10)15-5-2-11(8-20-15)14-7-16(14)22-17(23)9-21-18(22)24/h2-6,8,14,16H,7,9H2,1H3,(H,21,24). The van der Waals surface area contributed by atoms with Crippen molar-refractivity contribution in [1.29, 1.82) is 0 Å². The molecule has 1 aromatic heterocycles. The first-order chi connectivity index (χ1) is 11.5. The molecule has 0 spiro atoms. The van der Waals surface area contributed by atoms with Crippen molar-refractivity contribution in [3.8, 4) is 11.3 Å². The lowest BCUT2D eigenvalue weighted by atomic mass is 10.0. The largest absolute Gasteiger partial charge is 0.329 e. The van der Waals surface area contributed by atoms with Gasteiger partial charge in [0.05, 0.1) is 12.2 Å². The van der Waals surface area contributed by atoms with Gasteiger partial charge in [-0.05, 0) is 48.7 Å². The molecule has 2 heterocycles. The lowest BCUT2D eigenvalue weighted by Gasteiger charge is -2.12. The van der Waals surface area contributed by atoms with E-state index in [9.17, 15) is 14.0 Å². The minimum atomic E-state index is -0.306. The summed E-state index contributed by atoms with van der Waals surface area (Å²) in [4.78, 5) is 29.2. The molecular weight excluding hydrogens is 309 g/mol. The highest BCUT2D eigenvalue weighted by Gasteiger charge is 2.49. The molecule has 2 fully saturated rings. The predicted molar refractivity (Wildman–Crippen MR) is 85.8 cm³/mol. The van der Waals surface area contributed by atoms with Crippen LogP contribution in [0.1, 0.15) is 23.5 Å². The van der Waals surface area contributed by atoms with Gasteiger partial charge in [0.15, 0.2) is 0 Å². The number of nitrogens with one attached hydrogen (secondary N) is 1. The van der Waals surface area contributed by atoms with Gasteiger partial charge >= 0.3 is 6.03 Å². The van der Waals surface area contributed by atoms with Gasteiger partial charge in [-0.3, -0.25) is 14.7 Å². The molecular formula is C18H16FN3O2. The molecule has 2 atom stereocenters. The molecule has 2 aliphatic rings. The molecule has 0 radical (unpaired) electrons. The van der Waals surface area contributed by atoms with Crippen molar-refractivity contribution in [3.63, 3.8) is 0 Å². The van der Waals surface area contributed by atoms with Gasteiger partial charge in [0.2, 0.25) is 5.91 Å². The SMILES string of the molecule is Cc1cc(F)ccc1-c1ccc(C2CC2N2C(=O)CNC2=O)cn1. The average Bonchev–Trinajstić information content (AvgIpc) is 3.26. The molecule has 122 valence electrons. The van der Waals surface area contributed by atoms with E-state index in [1.807, 2.05) is 19.1 Å². The van der Waals surface area contributed by atoms with Crippen molar-refractivity contribution in [2.45, 2.75) is 25.3 Å². The molecule has 4 rings (SSSR count). The van der Waals surface area contributed by atoms with Crippen LogP contribution in [0.2, 0.25) is 0 Å². The van der Waals surface area contributed by atoms with E-state index < -0.39 is 0 Å². The first kappa shape index (κ1) is 14.8. The summed E-state index contributed by atoms with van der Waals surface area (Å²) in [5.74, 6) is -0.282. The van der Waals surface area contributed by atoms with Gasteiger partial charge in [0.1, 0.15) is 5.82 Å². The molecule has 1 aliphatic heterocycles. The highest BCUT2D eigenvalue weighted by Crippen LogP contribution is 2.45. The number of pyridine rings is 1. The van der Waals surface area contributed by atoms with Crippen LogP contribution in [0.15, 0.2) is 36.5 Å². The van der Waals surface area contributed by atoms with Crippen LogP contribution in [0.25, 0.3) is 11.3 Å². The number of halogens is 1. The highest BCUT2D eigenvalue weighted by atomic mass is 19.1. The van der Waals surface area contributed by atoms with Crippen molar-refractivity contribution in [2.75, 3.05) is 6.54 Å². The fourth-order valence-corrected chi connectivity index (χ4v) is 3.29. The van der Waals surface area contributed by atoms with Gasteiger partial charge < -0.3 is 5.32 Å². The van der Waals surface area contributed by atoms with Gasteiger partial charge in [0, 0.05) is 23.7 Å². The number of benzene rings is 1. The summed E-state index contributed by atoms with van der Waals surface area (Å²) >= 11 is 0. The maximum absolute atomic E-state index is 13.2. The highest BCUT2D eigenvalue weighted by molar-refractivity contribution is 6.02. The minimum Gasteiger partial charge on any atom is -0.329 e. The van der Waals surface area contributed by atoms with Gasteiger partial charge in [0.25, 0.3) is 0 Å². The molecule has 1 saturated heterocycles. The van der Waals surface area contributed by atoms with Crippen molar-refractivity contribution >= 4 is 11.9 Å². The molecule has 0 bridgehead atoms. The summed E-state index contributed by atoms with van der Waals surface area (Å²) in [6, 6.07) is 8.12. The van der Waals surface area contributed by atoms with E-state index in [4.69, 9.17) is 0 Å². The summed E-state index contributed by atoms with van der Waals surface area (Å²) in [5.41, 5.74) is 3.52. The van der Waals surface area contributed by atoms with Gasteiger partial charge in [-0.15, -0.1) is 0 Å². The Balaban J connectivity index is 1.53. The summed E-state index contributed by atoms with van der Waals surface area (Å²) in [6.07, 6.45) is 2.55. The van der Waals surface area contributed by atoms with Gasteiger partial charge in [-0.25, -0.2) is 9.18 Å². The van der Waals surface area contributed by atoms with Crippen molar-refractivity contribution in [3.05, 3.63) is 53.5 Å². The zero-order valence-corrected chi connectivity index (χ0v) is 13.1. The summed E-state index contributed by atoms with van der Waals surface area (Å²) < 4.78 is 13.2. The monoisotopic (exact) mass is 325 g/mol. The van der Waals surface area contributed by atoms with Crippen LogP contribution in [0.4, 0.5) is 9.18 Å². The van der Waals surface area contributed by atoms with Crippen LogP contribution in [0, 0.1) is 12.7 Å². The topological polar surface area (TPSA) is 62.3 Å². The van der Waals surface area contributed by atoms with E-state index in [-0.39, 0.29) is 36.3 Å². The lowest BCUT2D eigenvalue weighted by Crippen LogP contribution is -2.33. The Kier molecular flexibility index (Phi) is 3.33. The Labute approximate surface area is 138 Å². The Hall–Kier alpha value is -2.76. The average molecular weight is 325 g/mol. The third-order valence-corrected chi connectivity index (χ3v) is 4.65. The molecule has 1 aromatic carbocycles. The van der Waals surface area contributed by atoms with E-state index in [2.05, 4.69) is 10.3 Å². The third-order valence-electron chi connectivity index (χ3n) is 4.65. The lowest BCUT2D eigenvalue weighted by molar-refractivity contribution is -0.125. The van der Waals surface area contributed by atoms with Crippen molar-refractivity contribution in [1.82, 2.24) is 15.2 Å². The van der Waals surface area contributed by atoms with Crippen LogP contribution < -0.4 is 5.32 Å². The minimum absolute atomic E-state index is 0.0693. The predicted octanol–water partition coefficient (Wildman–Crippen LogP) is 2.60. The second kappa shape index (κ2) is 5.40. The molecule has 1 aliphatic carbocycles. The summed E-state index contributed by atoms with van der Waals surface area (Å²) in [5, 5.41) is 2.55. The zero-order valence-electron chi connectivity index (χ0n) is 13.1. The number of carbonyl (C=O) groups excluding carboxylic acids is 2. The van der Waals surface area contributed by atoms with Crippen LogP contribution in [-0.4, -0.2) is 34.4 Å². The Morgan fingerprint density at radius 3 is 2.71 bits per heavy atom. The summed E-state index contributed by atoms with van der Waals surface area (Å²) in [7, 11) is 0. The normalized spacial score (nSPS) is 22.7. The number of hydrogen-bond acceptors (Lipinski definition) is 3. The zero-order chi connectivity index (χ0) is 16.8. The molecule has 6 heteroatoms. The third kappa shape index (κ3) is 2.44. The number of nitrogens with zero attached hydrogens (tertiary/aromatic N) is 2. The van der Waals surface area contributed by atoms with Gasteiger partial charge in [-0.1, -0.05) is 6.07 Å². The van der Waals surface area contributed by atoms with E-state index in [1.54, 1.807) is 12.3 Å². The number of hydrogen-bond donors (Lipinski definition) is 1. The smallest absolute Gasteiger partial charge is 0.324 e. The number of amides is 3. The number of urea groups is 1. The fraction of sp³-hybridized carbons (Fsp3) is 0.278. The first-order valence-corrected chi connectivity index (χ1v) is 7.87. The van der Waals surface area contributed by atoms with E-state index in [0.717, 1.165) is 28.8 Å². The number of aromatic nitrogens is 1. The van der Waals surface area contributed by atoms with Crippen molar-refractivity contribution < 1.29 is 14.0 Å². The Morgan fingerprint density at radius 1 is 1.25 bits per heavy atom. The van der Waals surface area contributed by atoms with Crippen LogP contribution in [-0.2, 0) is 4.79 Å². The van der Waals surface area contributed by atoms with Crippen LogP contribution in [0.5, 0.6) is 0 Å². The van der Waals surface area contributed by atoms with E-state index >= 15 is 0 Å². The quantitative estimate of drug-likeness (QED) is 0.882. The molecule has 1 N–H and O–H groups in total. The Morgan fingerprint density at radius 2 is 2.08 bits per heavy atom. The molecule has 24 heavy (non-hydrogen) atoms. The molecule has 2 aromatic rings. The van der Waals surface area contributed by atoms with E-state index in [1.165, 1.54) is 17.0 Å². The fourth-order valence-electron chi connectivity index (χ4n) is 3.29. The molecule has 5 nitrogen and oxygen atoms in total. The van der Waals surface area contributed by atoms with Crippen LogP contribution in [0.3, 0.4) is 0 Å². The molecule has 1 saturated carbocycles. The van der Waals surface area contributed by atoms with Crippen molar-refractivity contribution in [2.24, 2.45) is 0 Å². The van der Waals surface area contributed by atoms with E-state index in [0.29, 0.717) is 0 Å². The Bertz CT molecular complexity index is 819. The molecule has 3 amide bonds. The second-order valence-electron chi connectivity index (χ2n) is 6.27. The number of rotatable bonds is 3. The first-order valence-electron chi connectivity index (χ1n) is 7.87. The summed E-state index contributed by atoms with van der Waals surface area (Å²) in [6.45, 7) is 1.94. The number of aryl methyl sites for hydroxylation is 1. The van der Waals surface area contributed by atoms with Crippen LogP contribution >= 0.6 is 0 Å². The maximum Gasteiger partial charge on any atom is 0.324 e. The second-order valence-corrected chi connectivity index (χ2v) is 6.27. The number of imide groups is 1.